The molecule has 2 aliphatic heterocycles. The van der Waals surface area contributed by atoms with Gasteiger partial charge in [0.15, 0.2) is 0 Å². The summed E-state index contributed by atoms with van der Waals surface area (Å²) in [6, 6.07) is 16.3. The van der Waals surface area contributed by atoms with Crippen LogP contribution in [0.2, 0.25) is 0 Å². The molecule has 2 bridgehead atoms. The number of piperidine rings is 2. The highest BCUT2D eigenvalue weighted by Gasteiger charge is 2.46. The highest BCUT2D eigenvalue weighted by atomic mass is 16.2. The minimum Gasteiger partial charge on any atom is -0.372 e. The van der Waals surface area contributed by atoms with Crippen molar-refractivity contribution in [1.82, 2.24) is 4.90 Å². The van der Waals surface area contributed by atoms with Gasteiger partial charge in [0, 0.05) is 30.9 Å². The lowest BCUT2D eigenvalue weighted by Gasteiger charge is -2.38. The van der Waals surface area contributed by atoms with E-state index in [2.05, 4.69) is 41.0 Å². The van der Waals surface area contributed by atoms with Crippen LogP contribution in [-0.4, -0.2) is 30.4 Å². The molecule has 0 saturated carbocycles. The molecule has 2 saturated heterocycles. The Bertz CT molecular complexity index is 969. The summed E-state index contributed by atoms with van der Waals surface area (Å²) in [5.41, 5.74) is 5.37. The number of carbonyl (C=O) groups is 1. The number of carbonyl (C=O) groups excluding carboxylic acids is 1. The van der Waals surface area contributed by atoms with Crippen LogP contribution in [0.3, 0.4) is 0 Å². The second-order valence-corrected chi connectivity index (χ2v) is 8.75. The predicted octanol–water partition coefficient (Wildman–Crippen LogP) is 4.87. The first kappa shape index (κ1) is 18.2. The van der Waals surface area contributed by atoms with Gasteiger partial charge in [0.05, 0.1) is 17.7 Å². The van der Waals surface area contributed by atoms with Gasteiger partial charge in [-0.2, -0.15) is 5.26 Å². The van der Waals surface area contributed by atoms with Gasteiger partial charge in [-0.3, -0.25) is 4.79 Å². The highest BCUT2D eigenvalue weighted by Crippen LogP contribution is 2.54. The largest absolute Gasteiger partial charge is 0.372 e. The Morgan fingerprint density at radius 3 is 2.48 bits per heavy atom. The van der Waals surface area contributed by atoms with E-state index in [1.807, 2.05) is 0 Å². The first-order valence-corrected chi connectivity index (χ1v) is 10.9. The van der Waals surface area contributed by atoms with Gasteiger partial charge >= 0.3 is 0 Å². The molecule has 3 atom stereocenters. The van der Waals surface area contributed by atoms with Crippen molar-refractivity contribution >= 4 is 11.6 Å². The fourth-order valence-corrected chi connectivity index (χ4v) is 5.66. The summed E-state index contributed by atoms with van der Waals surface area (Å²) in [5, 5.41) is 9.03. The quantitative estimate of drug-likeness (QED) is 0.741. The second kappa shape index (κ2) is 7.22. The summed E-state index contributed by atoms with van der Waals surface area (Å²) in [4.78, 5) is 17.9. The molecule has 0 aromatic heterocycles. The molecule has 4 nitrogen and oxygen atoms in total. The van der Waals surface area contributed by atoms with E-state index >= 15 is 0 Å². The molecular weight excluding hydrogens is 358 g/mol. The minimum absolute atomic E-state index is 0.0843. The summed E-state index contributed by atoms with van der Waals surface area (Å²) in [6.45, 7) is 5.37. The zero-order chi connectivity index (χ0) is 20.0. The monoisotopic (exact) mass is 385 g/mol. The zero-order valence-electron chi connectivity index (χ0n) is 17.0. The number of benzene rings is 2. The number of nitriles is 1. The number of nitrogens with zero attached hydrogens (tertiary/aromatic N) is 3. The van der Waals surface area contributed by atoms with E-state index in [-0.39, 0.29) is 11.9 Å². The van der Waals surface area contributed by atoms with Crippen molar-refractivity contribution in [1.29, 1.82) is 5.26 Å². The van der Waals surface area contributed by atoms with E-state index in [9.17, 15) is 4.79 Å². The molecule has 3 aliphatic rings. The number of amides is 1. The third-order valence-electron chi connectivity index (χ3n) is 7.18. The second-order valence-electron chi connectivity index (χ2n) is 8.75. The van der Waals surface area contributed by atoms with Crippen molar-refractivity contribution in [3.05, 3.63) is 64.7 Å². The Kier molecular flexibility index (Phi) is 4.54. The van der Waals surface area contributed by atoms with E-state index in [0.717, 1.165) is 26.1 Å². The molecule has 4 heteroatoms. The Labute approximate surface area is 172 Å². The van der Waals surface area contributed by atoms with Crippen LogP contribution in [0, 0.1) is 17.2 Å². The first-order valence-electron chi connectivity index (χ1n) is 10.9. The van der Waals surface area contributed by atoms with Crippen molar-refractivity contribution < 1.29 is 4.79 Å². The standard InChI is InChI=1S/C25H27N3O/c1-17-21-11-14-28(25(29)19-7-5-18(16-26)6-8-19)24(17)23-15-20(9-10-22(21)23)27-12-3-2-4-13-27/h5-10,15,17,21,24H,2-4,11-14H2,1H3/t17-,21?,24?/m0/s1. The van der Waals surface area contributed by atoms with Gasteiger partial charge in [0.25, 0.3) is 5.91 Å². The SMILES string of the molecule is C[C@H]1C2CCN(C(=O)c3ccc(C#N)cc3)C1c1cc(N3CCCCC3)ccc12. The van der Waals surface area contributed by atoms with Crippen LogP contribution < -0.4 is 4.90 Å². The van der Waals surface area contributed by atoms with Crippen LogP contribution >= 0.6 is 0 Å². The average Bonchev–Trinajstić information content (AvgIpc) is 2.94. The van der Waals surface area contributed by atoms with Crippen LogP contribution in [0.25, 0.3) is 0 Å². The molecule has 1 amide bonds. The minimum atomic E-state index is 0.0843. The van der Waals surface area contributed by atoms with Crippen LogP contribution in [0.5, 0.6) is 0 Å². The van der Waals surface area contributed by atoms with Crippen LogP contribution in [0.15, 0.2) is 42.5 Å². The van der Waals surface area contributed by atoms with E-state index in [4.69, 9.17) is 5.26 Å². The molecule has 0 radical (unpaired) electrons. The molecule has 2 heterocycles. The van der Waals surface area contributed by atoms with Crippen LogP contribution in [0.1, 0.15) is 71.6 Å². The fraction of sp³-hybridized carbons (Fsp3) is 0.440. The lowest BCUT2D eigenvalue weighted by atomic mass is 9.85. The van der Waals surface area contributed by atoms with Crippen LogP contribution in [0.4, 0.5) is 5.69 Å². The summed E-state index contributed by atoms with van der Waals surface area (Å²) >= 11 is 0. The van der Waals surface area contributed by atoms with Gasteiger partial charge < -0.3 is 9.80 Å². The van der Waals surface area contributed by atoms with E-state index in [1.165, 1.54) is 36.1 Å². The molecule has 1 aliphatic carbocycles. The maximum absolute atomic E-state index is 13.4. The highest BCUT2D eigenvalue weighted by molar-refractivity contribution is 5.95. The number of hydrogen-bond acceptors (Lipinski definition) is 3. The molecule has 0 spiro atoms. The molecule has 2 fully saturated rings. The molecule has 2 aromatic rings. The summed E-state index contributed by atoms with van der Waals surface area (Å²) in [6.07, 6.45) is 4.89. The van der Waals surface area contributed by atoms with E-state index < -0.39 is 0 Å². The summed E-state index contributed by atoms with van der Waals surface area (Å²) < 4.78 is 0. The van der Waals surface area contributed by atoms with Crippen molar-refractivity contribution in [2.75, 3.05) is 24.5 Å². The van der Waals surface area contributed by atoms with Gasteiger partial charge in [0.1, 0.15) is 0 Å². The van der Waals surface area contributed by atoms with Gasteiger partial charge in [-0.05, 0) is 85.0 Å². The number of likely N-dealkylation sites (tertiary alicyclic amines) is 1. The van der Waals surface area contributed by atoms with Gasteiger partial charge in [-0.1, -0.05) is 13.0 Å². The van der Waals surface area contributed by atoms with Crippen LogP contribution in [-0.2, 0) is 0 Å². The van der Waals surface area contributed by atoms with Crippen molar-refractivity contribution in [3.8, 4) is 6.07 Å². The zero-order valence-corrected chi connectivity index (χ0v) is 17.0. The van der Waals surface area contributed by atoms with Crippen molar-refractivity contribution in [2.45, 2.75) is 44.6 Å². The Balaban J connectivity index is 1.48. The van der Waals surface area contributed by atoms with E-state index in [0.29, 0.717) is 23.0 Å². The number of rotatable bonds is 2. The smallest absolute Gasteiger partial charge is 0.254 e. The lowest BCUT2D eigenvalue weighted by molar-refractivity contribution is 0.0524. The van der Waals surface area contributed by atoms with Gasteiger partial charge in [-0.25, -0.2) is 0 Å². The van der Waals surface area contributed by atoms with E-state index in [1.54, 1.807) is 24.3 Å². The molecule has 5 rings (SSSR count). The average molecular weight is 386 g/mol. The van der Waals surface area contributed by atoms with Gasteiger partial charge in [0.2, 0.25) is 0 Å². The van der Waals surface area contributed by atoms with Crippen molar-refractivity contribution in [3.63, 3.8) is 0 Å². The third kappa shape index (κ3) is 3.00. The normalized spacial score (nSPS) is 25.4. The molecule has 148 valence electrons. The molecule has 2 unspecified atom stereocenters. The van der Waals surface area contributed by atoms with Crippen molar-refractivity contribution in [2.24, 2.45) is 5.92 Å². The lowest BCUT2D eigenvalue weighted by Crippen LogP contribution is -2.41. The number of fused-ring (bicyclic) bond motifs is 5. The Morgan fingerprint density at radius 1 is 1.00 bits per heavy atom. The summed E-state index contributed by atoms with van der Waals surface area (Å²) in [7, 11) is 0. The Morgan fingerprint density at radius 2 is 1.76 bits per heavy atom. The Hall–Kier alpha value is -2.80. The number of anilines is 1. The third-order valence-corrected chi connectivity index (χ3v) is 7.18. The maximum atomic E-state index is 13.4. The molecule has 29 heavy (non-hydrogen) atoms. The fourth-order valence-electron chi connectivity index (χ4n) is 5.66. The molecule has 0 N–H and O–H groups in total. The number of hydrogen-bond donors (Lipinski definition) is 0. The predicted molar refractivity (Wildman–Crippen MR) is 114 cm³/mol. The topological polar surface area (TPSA) is 47.3 Å². The summed E-state index contributed by atoms with van der Waals surface area (Å²) in [5.74, 6) is 1.08. The molecular formula is C25H27N3O. The van der Waals surface area contributed by atoms with Gasteiger partial charge in [-0.15, -0.1) is 0 Å². The first-order chi connectivity index (χ1) is 14.2. The molecule has 2 aromatic carbocycles. The maximum Gasteiger partial charge on any atom is 0.254 e.